The van der Waals surface area contributed by atoms with Crippen molar-refractivity contribution >= 4 is 5.91 Å². The van der Waals surface area contributed by atoms with E-state index >= 15 is 0 Å². The fraction of sp³-hybridized carbons (Fsp3) is 0.286. The molecule has 1 amide bonds. The van der Waals surface area contributed by atoms with Gasteiger partial charge < -0.3 is 10.4 Å². The molecule has 2 N–H and O–H groups in total. The van der Waals surface area contributed by atoms with Gasteiger partial charge in [0.05, 0.1) is 23.7 Å². The van der Waals surface area contributed by atoms with Crippen molar-refractivity contribution in [2.75, 3.05) is 0 Å². The Hall–Kier alpha value is -3.41. The van der Waals surface area contributed by atoms with Crippen LogP contribution in [0.15, 0.2) is 61.2 Å². The molecule has 1 aromatic heterocycles. The highest BCUT2D eigenvalue weighted by Crippen LogP contribution is 2.33. The van der Waals surface area contributed by atoms with Crippen molar-refractivity contribution in [1.82, 2.24) is 20.1 Å². The van der Waals surface area contributed by atoms with Gasteiger partial charge in [-0.2, -0.15) is 31.4 Å². The van der Waals surface area contributed by atoms with Crippen LogP contribution in [0.5, 0.6) is 0 Å². The van der Waals surface area contributed by atoms with Gasteiger partial charge >= 0.3 is 12.4 Å². The molecule has 0 aliphatic heterocycles. The third-order valence-corrected chi connectivity index (χ3v) is 5.12. The molecule has 0 saturated heterocycles. The molecule has 6 nitrogen and oxygen atoms in total. The van der Waals surface area contributed by atoms with Crippen LogP contribution in [0.3, 0.4) is 0 Å². The summed E-state index contributed by atoms with van der Waals surface area (Å²) in [5, 5.41) is 17.8. The summed E-state index contributed by atoms with van der Waals surface area (Å²) in [4.78, 5) is 16.4. The van der Waals surface area contributed by atoms with Crippen LogP contribution >= 0.6 is 0 Å². The molecule has 0 unspecified atom stereocenters. The summed E-state index contributed by atoms with van der Waals surface area (Å²) in [6, 6.07) is 6.14. The maximum atomic E-state index is 12.9. The Morgan fingerprint density at radius 1 is 0.939 bits per heavy atom. The lowest BCUT2D eigenvalue weighted by Crippen LogP contribution is -2.51. The number of carbonyl (C=O) groups is 1. The maximum Gasteiger partial charge on any atom is 0.416 e. The fourth-order valence-corrected chi connectivity index (χ4v) is 3.20. The van der Waals surface area contributed by atoms with Crippen molar-refractivity contribution in [3.8, 4) is 0 Å². The second-order valence-electron chi connectivity index (χ2n) is 7.36. The minimum absolute atomic E-state index is 0.0613. The van der Waals surface area contributed by atoms with E-state index in [9.17, 15) is 36.2 Å². The summed E-state index contributed by atoms with van der Waals surface area (Å²) in [6.07, 6.45) is -6.67. The maximum absolute atomic E-state index is 12.9. The van der Waals surface area contributed by atoms with E-state index in [0.29, 0.717) is 0 Å². The van der Waals surface area contributed by atoms with Crippen molar-refractivity contribution in [3.63, 3.8) is 0 Å². The third-order valence-electron chi connectivity index (χ3n) is 5.12. The number of rotatable bonds is 6. The van der Waals surface area contributed by atoms with Gasteiger partial charge in [0.15, 0.2) is 0 Å². The van der Waals surface area contributed by atoms with E-state index in [-0.39, 0.29) is 17.7 Å². The van der Waals surface area contributed by atoms with Crippen LogP contribution in [-0.4, -0.2) is 31.8 Å². The van der Waals surface area contributed by atoms with Gasteiger partial charge in [-0.3, -0.25) is 4.79 Å². The zero-order valence-electron chi connectivity index (χ0n) is 17.0. The van der Waals surface area contributed by atoms with Crippen molar-refractivity contribution < 1.29 is 36.2 Å². The third kappa shape index (κ3) is 5.51. The first-order chi connectivity index (χ1) is 15.3. The Balaban J connectivity index is 1.88. The molecule has 0 aliphatic rings. The monoisotopic (exact) mass is 472 g/mol. The lowest BCUT2D eigenvalue weighted by Gasteiger charge is -2.35. The van der Waals surface area contributed by atoms with Gasteiger partial charge in [-0.05, 0) is 48.9 Å². The van der Waals surface area contributed by atoms with Gasteiger partial charge in [0.25, 0.3) is 5.91 Å². The molecule has 3 aromatic rings. The molecule has 2 atom stereocenters. The van der Waals surface area contributed by atoms with Gasteiger partial charge in [-0.15, -0.1) is 0 Å². The summed E-state index contributed by atoms with van der Waals surface area (Å²) in [5.74, 6) is -0.778. The lowest BCUT2D eigenvalue weighted by molar-refractivity contribution is -0.138. The smallest absolute Gasteiger partial charge is 0.381 e. The first-order valence-corrected chi connectivity index (χ1v) is 9.51. The highest BCUT2D eigenvalue weighted by Gasteiger charge is 2.39. The van der Waals surface area contributed by atoms with E-state index < -0.39 is 41.0 Å². The number of halogens is 6. The number of hydrogen-bond acceptors (Lipinski definition) is 4. The van der Waals surface area contributed by atoms with E-state index in [1.807, 2.05) is 0 Å². The Bertz CT molecular complexity index is 1080. The molecule has 0 aliphatic carbocycles. The van der Waals surface area contributed by atoms with Gasteiger partial charge in [0, 0.05) is 5.56 Å². The molecule has 176 valence electrons. The van der Waals surface area contributed by atoms with Gasteiger partial charge in [-0.25, -0.2) is 9.67 Å². The highest BCUT2D eigenvalue weighted by molar-refractivity contribution is 5.94. The molecule has 12 heteroatoms. The number of nitrogens with zero attached hydrogens (tertiary/aromatic N) is 3. The number of nitrogens with one attached hydrogen (secondary N) is 1. The second-order valence-corrected chi connectivity index (χ2v) is 7.36. The number of hydrogen-bond donors (Lipinski definition) is 2. The van der Waals surface area contributed by atoms with E-state index in [1.165, 1.54) is 24.3 Å². The lowest BCUT2D eigenvalue weighted by atomic mass is 9.86. The molecule has 0 radical (unpaired) electrons. The number of alkyl halides is 6. The molecule has 2 aromatic carbocycles. The predicted molar refractivity (Wildman–Crippen MR) is 104 cm³/mol. The number of carbonyl (C=O) groups excluding carboxylic acids is 1. The van der Waals surface area contributed by atoms with Crippen molar-refractivity contribution in [2.24, 2.45) is 0 Å². The zero-order chi connectivity index (χ0) is 24.4. The topological polar surface area (TPSA) is 80.0 Å². The quantitative estimate of drug-likeness (QED) is 0.532. The van der Waals surface area contributed by atoms with Crippen molar-refractivity contribution in [1.29, 1.82) is 0 Å². The summed E-state index contributed by atoms with van der Waals surface area (Å²) in [7, 11) is 0. The number of aliphatic hydroxyl groups is 1. The molecule has 0 spiro atoms. The van der Waals surface area contributed by atoms with Crippen LogP contribution in [0.2, 0.25) is 0 Å². The summed E-state index contributed by atoms with van der Waals surface area (Å²) in [5.41, 5.74) is -3.81. The first-order valence-electron chi connectivity index (χ1n) is 9.51. The Kier molecular flexibility index (Phi) is 6.50. The Labute approximate surface area is 183 Å². The van der Waals surface area contributed by atoms with Gasteiger partial charge in [0.1, 0.15) is 18.3 Å². The molecule has 1 heterocycles. The van der Waals surface area contributed by atoms with Gasteiger partial charge in [-0.1, -0.05) is 12.1 Å². The van der Waals surface area contributed by atoms with E-state index in [0.717, 1.165) is 48.5 Å². The minimum Gasteiger partial charge on any atom is -0.381 e. The molecule has 0 bridgehead atoms. The van der Waals surface area contributed by atoms with Crippen LogP contribution in [0.4, 0.5) is 26.3 Å². The molecule has 33 heavy (non-hydrogen) atoms. The molecule has 0 saturated carbocycles. The standard InChI is InChI=1S/C21H18F6N4O2/c1-13(30-18(32)14-2-4-16(5-3-14)20(22,23)24)19(33,10-31-12-28-11-29-31)15-6-8-17(9-7-15)21(25,26)27/h2-9,11-13,33H,10H2,1H3,(H,30,32)/t13-,19-/m1/s1. The molecular formula is C21H18F6N4O2. The largest absolute Gasteiger partial charge is 0.416 e. The van der Waals surface area contributed by atoms with Crippen LogP contribution in [0, 0.1) is 0 Å². The molecule has 3 rings (SSSR count). The van der Waals surface area contributed by atoms with Crippen LogP contribution in [-0.2, 0) is 24.5 Å². The molecule has 0 fully saturated rings. The van der Waals surface area contributed by atoms with Crippen molar-refractivity contribution in [2.45, 2.75) is 37.5 Å². The zero-order valence-corrected chi connectivity index (χ0v) is 17.0. The number of amides is 1. The van der Waals surface area contributed by atoms with Crippen LogP contribution in [0.25, 0.3) is 0 Å². The highest BCUT2D eigenvalue weighted by atomic mass is 19.4. The van der Waals surface area contributed by atoms with Crippen LogP contribution in [0.1, 0.15) is 34.0 Å². The normalized spacial score (nSPS) is 15.0. The van der Waals surface area contributed by atoms with E-state index in [4.69, 9.17) is 0 Å². The first kappa shape index (κ1) is 24.2. The minimum atomic E-state index is -4.58. The fourth-order valence-electron chi connectivity index (χ4n) is 3.20. The van der Waals surface area contributed by atoms with E-state index in [1.54, 1.807) is 0 Å². The number of benzene rings is 2. The average molecular weight is 472 g/mol. The SMILES string of the molecule is C[C@@H](NC(=O)c1ccc(C(F)(F)F)cc1)[C@](O)(Cn1cncn1)c1ccc(C(F)(F)F)cc1. The average Bonchev–Trinajstić information content (AvgIpc) is 3.25. The number of aromatic nitrogens is 3. The Morgan fingerprint density at radius 2 is 1.42 bits per heavy atom. The van der Waals surface area contributed by atoms with Crippen LogP contribution < -0.4 is 5.32 Å². The van der Waals surface area contributed by atoms with Crippen molar-refractivity contribution in [3.05, 3.63) is 83.4 Å². The predicted octanol–water partition coefficient (Wildman–Crippen LogP) is 4.02. The summed E-state index contributed by atoms with van der Waals surface area (Å²) < 4.78 is 78.2. The van der Waals surface area contributed by atoms with E-state index in [2.05, 4.69) is 15.4 Å². The Morgan fingerprint density at radius 3 is 1.88 bits per heavy atom. The molecular weight excluding hydrogens is 454 g/mol. The summed E-state index contributed by atoms with van der Waals surface area (Å²) >= 11 is 0. The summed E-state index contributed by atoms with van der Waals surface area (Å²) in [6.45, 7) is 1.14. The van der Waals surface area contributed by atoms with Gasteiger partial charge in [0.2, 0.25) is 0 Å². The second kappa shape index (κ2) is 8.85.